The van der Waals surface area contributed by atoms with Crippen molar-refractivity contribution in [3.63, 3.8) is 0 Å². The maximum Gasteiger partial charge on any atom is 0.476 e. The summed E-state index contributed by atoms with van der Waals surface area (Å²) in [6.45, 7) is -0.0642. The zero-order valence-electron chi connectivity index (χ0n) is 12.3. The minimum absolute atomic E-state index is 0.0485. The first-order chi connectivity index (χ1) is 11.3. The summed E-state index contributed by atoms with van der Waals surface area (Å²) in [4.78, 5) is 25.0. The van der Waals surface area contributed by atoms with E-state index in [1.54, 1.807) is 0 Å². The lowest BCUT2D eigenvalue weighted by molar-refractivity contribution is -0.963. The normalized spacial score (nSPS) is 25.9. The van der Waals surface area contributed by atoms with E-state index in [0.29, 0.717) is 4.90 Å². The molecule has 0 aromatic heterocycles. The number of carbonyl (C=O) groups excluding carboxylic acids is 2. The monoisotopic (exact) mass is 348 g/mol. The standard InChI is InChI=1S/C14H13F4N3O3/c15-9-1-3-10(4-2-9)21-11(22)13(14(16,17)18,19-12(21)23)20-5-7-24-8-6-20/h1-4H,5-8H2,(H,19,23)/p+1/t13-/m0/s1. The lowest BCUT2D eigenvalue weighted by atomic mass is 10.1. The van der Waals surface area contributed by atoms with Crippen LogP contribution in [0.4, 0.5) is 28.0 Å². The summed E-state index contributed by atoms with van der Waals surface area (Å²) in [5.74, 6) is -2.06. The number of urea groups is 1. The van der Waals surface area contributed by atoms with E-state index in [4.69, 9.17) is 4.74 Å². The first kappa shape index (κ1) is 16.7. The maximum absolute atomic E-state index is 13.8. The highest BCUT2D eigenvalue weighted by Gasteiger charge is 2.75. The number of hydrogen-bond acceptors (Lipinski definition) is 3. The van der Waals surface area contributed by atoms with Crippen molar-refractivity contribution >= 4 is 17.6 Å². The van der Waals surface area contributed by atoms with Crippen molar-refractivity contribution in [3.05, 3.63) is 30.1 Å². The molecule has 2 fully saturated rings. The second-order valence-corrected chi connectivity index (χ2v) is 5.51. The maximum atomic E-state index is 13.8. The van der Waals surface area contributed by atoms with E-state index in [1.165, 1.54) is 0 Å². The molecule has 6 nitrogen and oxygen atoms in total. The van der Waals surface area contributed by atoms with E-state index < -0.39 is 29.6 Å². The summed E-state index contributed by atoms with van der Waals surface area (Å²) in [7, 11) is 0. The van der Waals surface area contributed by atoms with Crippen LogP contribution >= 0.6 is 0 Å². The number of morpholine rings is 1. The summed E-state index contributed by atoms with van der Waals surface area (Å²) < 4.78 is 59.4. The van der Waals surface area contributed by atoms with Crippen molar-refractivity contribution in [2.45, 2.75) is 11.8 Å². The summed E-state index contributed by atoms with van der Waals surface area (Å²) in [5.41, 5.74) is -3.19. The fourth-order valence-electron chi connectivity index (χ4n) is 2.98. The van der Waals surface area contributed by atoms with Crippen molar-refractivity contribution in [1.82, 2.24) is 5.32 Å². The molecule has 10 heteroatoms. The number of hydrogen-bond donors (Lipinski definition) is 2. The number of amides is 3. The van der Waals surface area contributed by atoms with Gasteiger partial charge in [0.05, 0.1) is 18.9 Å². The highest BCUT2D eigenvalue weighted by molar-refractivity contribution is 6.22. The number of carbonyl (C=O) groups is 2. The topological polar surface area (TPSA) is 63.1 Å². The molecule has 0 unspecified atom stereocenters. The van der Waals surface area contributed by atoms with E-state index in [9.17, 15) is 27.2 Å². The Morgan fingerprint density at radius 3 is 2.25 bits per heavy atom. The highest BCUT2D eigenvalue weighted by Crippen LogP contribution is 2.34. The zero-order chi connectivity index (χ0) is 17.5. The number of nitrogens with one attached hydrogen (secondary N) is 2. The van der Waals surface area contributed by atoms with E-state index in [1.807, 2.05) is 5.32 Å². The number of alkyl halides is 3. The Morgan fingerprint density at radius 1 is 1.12 bits per heavy atom. The number of quaternary nitrogens is 1. The van der Waals surface area contributed by atoms with Crippen LogP contribution in [0.25, 0.3) is 0 Å². The summed E-state index contributed by atoms with van der Waals surface area (Å²) >= 11 is 0. The second kappa shape index (κ2) is 5.71. The number of rotatable bonds is 2. The summed E-state index contributed by atoms with van der Waals surface area (Å²) in [5, 5.41) is 1.82. The molecular weight excluding hydrogens is 334 g/mol. The molecule has 24 heavy (non-hydrogen) atoms. The Hall–Kier alpha value is -2.20. The first-order valence-electron chi connectivity index (χ1n) is 7.19. The zero-order valence-corrected chi connectivity index (χ0v) is 12.3. The lowest BCUT2D eigenvalue weighted by Gasteiger charge is -2.37. The minimum atomic E-state index is -5.00. The van der Waals surface area contributed by atoms with Gasteiger partial charge in [0, 0.05) is 0 Å². The number of halogens is 4. The van der Waals surface area contributed by atoms with E-state index >= 15 is 0 Å². The van der Waals surface area contributed by atoms with Crippen LogP contribution < -0.4 is 15.1 Å². The molecule has 2 saturated heterocycles. The Morgan fingerprint density at radius 2 is 1.71 bits per heavy atom. The average molecular weight is 348 g/mol. The Balaban J connectivity index is 2.03. The molecular formula is C14H14F4N3O3+. The third kappa shape index (κ3) is 2.42. The second-order valence-electron chi connectivity index (χ2n) is 5.51. The van der Waals surface area contributed by atoms with Gasteiger partial charge >= 0.3 is 23.8 Å². The molecule has 2 heterocycles. The van der Waals surface area contributed by atoms with Crippen LogP contribution in [0.1, 0.15) is 0 Å². The van der Waals surface area contributed by atoms with Gasteiger partial charge in [-0.2, -0.15) is 13.2 Å². The molecule has 1 aromatic carbocycles. The van der Waals surface area contributed by atoms with Crippen molar-refractivity contribution in [3.8, 4) is 0 Å². The molecule has 0 spiro atoms. The predicted octanol–water partition coefficient (Wildman–Crippen LogP) is 0.0556. The van der Waals surface area contributed by atoms with Crippen molar-refractivity contribution in [2.24, 2.45) is 0 Å². The van der Waals surface area contributed by atoms with Crippen LogP contribution in [-0.4, -0.2) is 50.1 Å². The van der Waals surface area contributed by atoms with Crippen molar-refractivity contribution in [1.29, 1.82) is 0 Å². The van der Waals surface area contributed by atoms with Crippen LogP contribution in [0.3, 0.4) is 0 Å². The first-order valence-corrected chi connectivity index (χ1v) is 7.19. The molecule has 0 aliphatic carbocycles. The Labute approximate surface area is 134 Å². The van der Waals surface area contributed by atoms with Crippen LogP contribution in [-0.2, 0) is 9.53 Å². The van der Waals surface area contributed by atoms with Gasteiger partial charge in [-0.25, -0.2) is 14.1 Å². The quantitative estimate of drug-likeness (QED) is 0.587. The molecule has 1 atom stereocenters. The molecule has 1 aromatic rings. The fourth-order valence-corrected chi connectivity index (χ4v) is 2.98. The fraction of sp³-hybridized carbons (Fsp3) is 0.429. The average Bonchev–Trinajstić information content (AvgIpc) is 2.81. The number of imide groups is 1. The van der Waals surface area contributed by atoms with Crippen molar-refractivity contribution < 1.29 is 36.8 Å². The van der Waals surface area contributed by atoms with E-state index in [-0.39, 0.29) is 36.9 Å². The number of ether oxygens (including phenoxy) is 1. The van der Waals surface area contributed by atoms with E-state index in [2.05, 4.69) is 0 Å². The van der Waals surface area contributed by atoms with Gasteiger partial charge in [0.15, 0.2) is 0 Å². The van der Waals surface area contributed by atoms with Gasteiger partial charge < -0.3 is 4.74 Å². The highest BCUT2D eigenvalue weighted by atomic mass is 19.4. The van der Waals surface area contributed by atoms with E-state index in [0.717, 1.165) is 24.3 Å². The number of benzene rings is 1. The number of nitrogens with zero attached hydrogens (tertiary/aromatic N) is 1. The summed E-state index contributed by atoms with van der Waals surface area (Å²) in [6, 6.07) is 2.89. The largest absolute Gasteiger partial charge is 0.476 e. The van der Waals surface area contributed by atoms with Crippen LogP contribution in [0.2, 0.25) is 0 Å². The molecule has 130 valence electrons. The predicted molar refractivity (Wildman–Crippen MR) is 72.7 cm³/mol. The Kier molecular flexibility index (Phi) is 3.96. The van der Waals surface area contributed by atoms with Gasteiger partial charge in [0.2, 0.25) is 0 Å². The van der Waals surface area contributed by atoms with Crippen molar-refractivity contribution in [2.75, 3.05) is 31.2 Å². The molecule has 3 amide bonds. The SMILES string of the molecule is O=C1N[C@@]([NH+]2CCOCC2)(C(F)(F)F)C(=O)N1c1ccc(F)cc1. The van der Waals surface area contributed by atoms with Gasteiger partial charge in [0.25, 0.3) is 0 Å². The van der Waals surface area contributed by atoms with Crippen LogP contribution in [0.5, 0.6) is 0 Å². The molecule has 0 bridgehead atoms. The molecule has 3 rings (SSSR count). The molecule has 2 N–H and O–H groups in total. The third-order valence-electron chi connectivity index (χ3n) is 4.16. The van der Waals surface area contributed by atoms with Crippen LogP contribution in [0.15, 0.2) is 24.3 Å². The molecule has 0 saturated carbocycles. The van der Waals surface area contributed by atoms with Gasteiger partial charge in [-0.1, -0.05) is 0 Å². The Bertz CT molecular complexity index is 658. The molecule has 2 aliphatic rings. The van der Waals surface area contributed by atoms with Gasteiger partial charge in [-0.3, -0.25) is 15.0 Å². The lowest BCUT2D eigenvalue weighted by Crippen LogP contribution is -3.26. The molecule has 0 radical (unpaired) electrons. The smallest absolute Gasteiger partial charge is 0.370 e. The van der Waals surface area contributed by atoms with Gasteiger partial charge in [0.1, 0.15) is 18.9 Å². The minimum Gasteiger partial charge on any atom is -0.370 e. The van der Waals surface area contributed by atoms with Gasteiger partial charge in [-0.15, -0.1) is 0 Å². The molecule has 2 aliphatic heterocycles. The summed E-state index contributed by atoms with van der Waals surface area (Å²) in [6.07, 6.45) is -5.00. The van der Waals surface area contributed by atoms with Crippen LogP contribution in [0, 0.1) is 5.82 Å². The number of anilines is 1. The van der Waals surface area contributed by atoms with Gasteiger partial charge in [-0.05, 0) is 24.3 Å². The third-order valence-corrected chi connectivity index (χ3v) is 4.16.